The maximum absolute atomic E-state index is 12.6. The highest BCUT2D eigenvalue weighted by atomic mass is 79.9. The van der Waals surface area contributed by atoms with E-state index >= 15 is 0 Å². The summed E-state index contributed by atoms with van der Waals surface area (Å²) in [7, 11) is -8.24. The second kappa shape index (κ2) is 8.41. The third-order valence-electron chi connectivity index (χ3n) is 4.31. The van der Waals surface area contributed by atoms with Crippen LogP contribution in [0.15, 0.2) is 102 Å². The first-order chi connectivity index (χ1) is 15.2. The van der Waals surface area contributed by atoms with Gasteiger partial charge in [0.2, 0.25) is 0 Å². The minimum Gasteiger partial charge on any atom is -0.417 e. The van der Waals surface area contributed by atoms with Crippen molar-refractivity contribution in [1.82, 2.24) is 0 Å². The highest BCUT2D eigenvalue weighted by molar-refractivity contribution is 9.10. The molecule has 11 heteroatoms. The molecule has 0 atom stereocenters. The van der Waals surface area contributed by atoms with E-state index in [9.17, 15) is 21.6 Å². The summed E-state index contributed by atoms with van der Waals surface area (Å²) in [6, 6.07) is 19.0. The predicted octanol–water partition coefficient (Wildman–Crippen LogP) is 4.12. The number of hydrogen-bond donors (Lipinski definition) is 1. The van der Waals surface area contributed by atoms with Crippen molar-refractivity contribution in [2.24, 2.45) is 0 Å². The topological polar surface area (TPSA) is 120 Å². The highest BCUT2D eigenvalue weighted by Crippen LogP contribution is 2.29. The molecule has 1 heterocycles. The van der Waals surface area contributed by atoms with E-state index in [1.807, 2.05) is 0 Å². The molecule has 0 aliphatic rings. The number of nitrogens with one attached hydrogen (secondary N) is 1. The SMILES string of the molecule is O=c1oc2c(OS(=O)(=O)c3ccccc3)cccc2cc1NS(=O)(=O)c1cccc(Br)c1. The Labute approximate surface area is 191 Å². The maximum atomic E-state index is 12.6. The molecule has 4 rings (SSSR count). The van der Waals surface area contributed by atoms with Gasteiger partial charge in [0.1, 0.15) is 10.6 Å². The number of rotatable bonds is 6. The summed E-state index contributed by atoms with van der Waals surface area (Å²) in [6.45, 7) is 0. The molecule has 0 amide bonds. The summed E-state index contributed by atoms with van der Waals surface area (Å²) >= 11 is 3.20. The molecule has 0 bridgehead atoms. The Morgan fingerprint density at radius 3 is 2.22 bits per heavy atom. The molecule has 164 valence electrons. The van der Waals surface area contributed by atoms with E-state index in [0.29, 0.717) is 4.47 Å². The van der Waals surface area contributed by atoms with Crippen molar-refractivity contribution in [1.29, 1.82) is 0 Å². The lowest BCUT2D eigenvalue weighted by atomic mass is 10.2. The average Bonchev–Trinajstić information content (AvgIpc) is 2.75. The summed E-state index contributed by atoms with van der Waals surface area (Å²) < 4.78 is 63.5. The van der Waals surface area contributed by atoms with Crippen LogP contribution in [0.5, 0.6) is 5.75 Å². The van der Waals surface area contributed by atoms with Crippen molar-refractivity contribution in [2.75, 3.05) is 4.72 Å². The van der Waals surface area contributed by atoms with Gasteiger partial charge in [0, 0.05) is 9.86 Å². The van der Waals surface area contributed by atoms with E-state index in [1.165, 1.54) is 54.6 Å². The molecule has 1 N–H and O–H groups in total. The molecule has 0 unspecified atom stereocenters. The van der Waals surface area contributed by atoms with Crippen LogP contribution in [0, 0.1) is 0 Å². The van der Waals surface area contributed by atoms with E-state index in [0.717, 1.165) is 0 Å². The van der Waals surface area contributed by atoms with Crippen LogP contribution in [0.2, 0.25) is 0 Å². The molecule has 0 saturated heterocycles. The van der Waals surface area contributed by atoms with Crippen LogP contribution in [0.3, 0.4) is 0 Å². The zero-order valence-electron chi connectivity index (χ0n) is 16.1. The third-order valence-corrected chi connectivity index (χ3v) is 7.41. The van der Waals surface area contributed by atoms with Crippen LogP contribution in [0.1, 0.15) is 0 Å². The third kappa shape index (κ3) is 4.54. The van der Waals surface area contributed by atoms with Crippen LogP contribution < -0.4 is 14.5 Å². The molecule has 3 aromatic carbocycles. The lowest BCUT2D eigenvalue weighted by Gasteiger charge is -2.10. The molecule has 4 aromatic rings. The highest BCUT2D eigenvalue weighted by Gasteiger charge is 2.21. The Bertz CT molecular complexity index is 1580. The predicted molar refractivity (Wildman–Crippen MR) is 122 cm³/mol. The first-order valence-corrected chi connectivity index (χ1v) is 12.7. The van der Waals surface area contributed by atoms with Gasteiger partial charge in [-0.15, -0.1) is 0 Å². The maximum Gasteiger partial charge on any atom is 0.360 e. The number of fused-ring (bicyclic) bond motifs is 1. The fourth-order valence-electron chi connectivity index (χ4n) is 2.85. The van der Waals surface area contributed by atoms with Crippen LogP contribution in [0.25, 0.3) is 11.0 Å². The van der Waals surface area contributed by atoms with Gasteiger partial charge in [0.15, 0.2) is 11.3 Å². The largest absolute Gasteiger partial charge is 0.417 e. The van der Waals surface area contributed by atoms with Gasteiger partial charge in [0.05, 0.1) is 4.90 Å². The Hall–Kier alpha value is -3.15. The normalized spacial score (nSPS) is 11.9. The van der Waals surface area contributed by atoms with Crippen molar-refractivity contribution in [2.45, 2.75) is 9.79 Å². The van der Waals surface area contributed by atoms with Gasteiger partial charge in [-0.1, -0.05) is 52.3 Å². The Kier molecular flexibility index (Phi) is 5.80. The number of anilines is 1. The number of halogens is 1. The van der Waals surface area contributed by atoms with Gasteiger partial charge in [-0.3, -0.25) is 4.72 Å². The monoisotopic (exact) mass is 535 g/mol. The Balaban J connectivity index is 1.72. The molecular weight excluding hydrogens is 522 g/mol. The molecular formula is C21H14BrNO7S2. The van der Waals surface area contributed by atoms with E-state index in [-0.39, 0.29) is 32.2 Å². The zero-order valence-corrected chi connectivity index (χ0v) is 19.3. The average molecular weight is 536 g/mol. The van der Waals surface area contributed by atoms with Gasteiger partial charge in [-0.25, -0.2) is 13.2 Å². The molecule has 32 heavy (non-hydrogen) atoms. The molecule has 0 aliphatic carbocycles. The molecule has 0 spiro atoms. The molecule has 8 nitrogen and oxygen atoms in total. The second-order valence-electron chi connectivity index (χ2n) is 6.54. The first-order valence-electron chi connectivity index (χ1n) is 9.00. The van der Waals surface area contributed by atoms with Crippen LogP contribution in [-0.2, 0) is 20.1 Å². The molecule has 0 aliphatic heterocycles. The van der Waals surface area contributed by atoms with Crippen LogP contribution in [-0.4, -0.2) is 16.8 Å². The standard InChI is InChI=1S/C21H14BrNO7S2/c22-15-7-5-10-17(13-15)31(25,26)23-18-12-14-6-4-11-19(20(14)29-21(18)24)30-32(27,28)16-8-2-1-3-9-16/h1-13,23H. The second-order valence-corrected chi connectivity index (χ2v) is 10.7. The molecule has 0 fully saturated rings. The van der Waals surface area contributed by atoms with E-state index < -0.39 is 25.8 Å². The number of benzene rings is 3. The van der Waals surface area contributed by atoms with Crippen LogP contribution in [0.4, 0.5) is 5.69 Å². The quantitative estimate of drug-likeness (QED) is 0.291. The Morgan fingerprint density at radius 2 is 1.50 bits per heavy atom. The van der Waals surface area contributed by atoms with Gasteiger partial charge >= 0.3 is 15.7 Å². The summed E-state index contributed by atoms with van der Waals surface area (Å²) in [5.41, 5.74) is -1.48. The summed E-state index contributed by atoms with van der Waals surface area (Å²) in [5, 5.41) is 0.261. The van der Waals surface area contributed by atoms with Gasteiger partial charge in [0.25, 0.3) is 10.0 Å². The van der Waals surface area contributed by atoms with Gasteiger partial charge in [-0.2, -0.15) is 8.42 Å². The van der Waals surface area contributed by atoms with E-state index in [2.05, 4.69) is 20.7 Å². The number of hydrogen-bond acceptors (Lipinski definition) is 7. The van der Waals surface area contributed by atoms with Gasteiger partial charge < -0.3 is 8.60 Å². The molecule has 0 saturated carbocycles. The number of para-hydroxylation sites is 1. The molecule has 0 radical (unpaired) electrons. The summed E-state index contributed by atoms with van der Waals surface area (Å²) in [5.74, 6) is -0.204. The lowest BCUT2D eigenvalue weighted by molar-refractivity contribution is 0.475. The minimum absolute atomic E-state index is 0.0580. The van der Waals surface area contributed by atoms with Crippen molar-refractivity contribution >= 4 is 52.7 Å². The summed E-state index contributed by atoms with van der Waals surface area (Å²) in [6.07, 6.45) is 0. The van der Waals surface area contributed by atoms with Gasteiger partial charge in [-0.05, 0) is 42.5 Å². The smallest absolute Gasteiger partial charge is 0.360 e. The number of sulfonamides is 1. The van der Waals surface area contributed by atoms with Crippen molar-refractivity contribution < 1.29 is 25.4 Å². The first kappa shape index (κ1) is 22.1. The van der Waals surface area contributed by atoms with Crippen LogP contribution >= 0.6 is 15.9 Å². The minimum atomic E-state index is -4.17. The van der Waals surface area contributed by atoms with E-state index in [4.69, 9.17) is 8.60 Å². The van der Waals surface area contributed by atoms with Crippen molar-refractivity contribution in [3.8, 4) is 5.75 Å². The lowest BCUT2D eigenvalue weighted by Crippen LogP contribution is -2.18. The Morgan fingerprint density at radius 1 is 0.812 bits per heavy atom. The van der Waals surface area contributed by atoms with E-state index in [1.54, 1.807) is 24.3 Å². The molecule has 1 aromatic heterocycles. The fourth-order valence-corrected chi connectivity index (χ4v) is 5.44. The summed E-state index contributed by atoms with van der Waals surface area (Å²) in [4.78, 5) is 12.4. The zero-order chi connectivity index (χ0) is 22.9. The van der Waals surface area contributed by atoms with Crippen molar-refractivity contribution in [3.05, 3.63) is 93.8 Å². The van der Waals surface area contributed by atoms with Crippen molar-refractivity contribution in [3.63, 3.8) is 0 Å². The fraction of sp³-hybridized carbons (Fsp3) is 0.